The van der Waals surface area contributed by atoms with E-state index in [1.165, 1.54) is 18.2 Å². The second-order valence-electron chi connectivity index (χ2n) is 7.52. The summed E-state index contributed by atoms with van der Waals surface area (Å²) in [6.07, 6.45) is 3.23. The number of halogens is 1. The number of nitrogens with zero attached hydrogens (tertiary/aromatic N) is 2. The van der Waals surface area contributed by atoms with E-state index in [1.807, 2.05) is 4.90 Å². The van der Waals surface area contributed by atoms with Gasteiger partial charge in [-0.2, -0.15) is 0 Å². The van der Waals surface area contributed by atoms with E-state index in [-0.39, 0.29) is 16.9 Å². The smallest absolute Gasteiger partial charge is 0.254 e. The topological polar surface area (TPSA) is 56.4 Å². The van der Waals surface area contributed by atoms with Crippen molar-refractivity contribution < 1.29 is 9.18 Å². The number of hydrogen-bond acceptors (Lipinski definition) is 3. The van der Waals surface area contributed by atoms with Crippen molar-refractivity contribution in [2.24, 2.45) is 5.41 Å². The molecule has 2 aromatic rings. The van der Waals surface area contributed by atoms with E-state index in [9.17, 15) is 14.0 Å². The minimum absolute atomic E-state index is 0.126. The Morgan fingerprint density at radius 2 is 1.88 bits per heavy atom. The zero-order chi connectivity index (χ0) is 17.6. The summed E-state index contributed by atoms with van der Waals surface area (Å²) in [5, 5.41) is 0.593. The summed E-state index contributed by atoms with van der Waals surface area (Å²) in [4.78, 5) is 31.8. The zero-order valence-corrected chi connectivity index (χ0v) is 14.3. The fourth-order valence-electron chi connectivity index (χ4n) is 4.19. The largest absolute Gasteiger partial charge is 0.338 e. The molecule has 0 unspecified atom stereocenters. The number of likely N-dealkylation sites (tertiary alicyclic amines) is 2. The van der Waals surface area contributed by atoms with Crippen molar-refractivity contribution in [1.29, 1.82) is 0 Å². The van der Waals surface area contributed by atoms with Crippen LogP contribution < -0.4 is 5.56 Å². The van der Waals surface area contributed by atoms with Gasteiger partial charge in [-0.25, -0.2) is 4.39 Å². The Hall–Kier alpha value is -2.21. The van der Waals surface area contributed by atoms with Crippen LogP contribution in [0.5, 0.6) is 0 Å². The molecule has 0 bridgehead atoms. The van der Waals surface area contributed by atoms with Crippen LogP contribution in [0.25, 0.3) is 10.9 Å². The Bertz CT molecular complexity index is 884. The van der Waals surface area contributed by atoms with E-state index in [2.05, 4.69) is 16.9 Å². The number of hydrogen-bond donors (Lipinski definition) is 1. The number of carbonyl (C=O) groups is 1. The van der Waals surface area contributed by atoms with Gasteiger partial charge in [-0.05, 0) is 63.0 Å². The molecule has 2 aliphatic heterocycles. The number of aromatic amines is 1. The van der Waals surface area contributed by atoms with E-state index in [4.69, 9.17) is 0 Å². The van der Waals surface area contributed by atoms with Crippen LogP contribution in [0, 0.1) is 11.2 Å². The lowest BCUT2D eigenvalue weighted by Gasteiger charge is -2.37. The molecule has 6 heteroatoms. The number of rotatable bonds is 1. The fraction of sp³-hybridized carbons (Fsp3) is 0.474. The number of fused-ring (bicyclic) bond motifs is 1. The molecule has 25 heavy (non-hydrogen) atoms. The highest BCUT2D eigenvalue weighted by molar-refractivity contribution is 6.06. The Morgan fingerprint density at radius 1 is 1.16 bits per heavy atom. The van der Waals surface area contributed by atoms with Gasteiger partial charge < -0.3 is 14.8 Å². The highest BCUT2D eigenvalue weighted by atomic mass is 19.1. The van der Waals surface area contributed by atoms with Crippen molar-refractivity contribution >= 4 is 16.8 Å². The summed E-state index contributed by atoms with van der Waals surface area (Å²) in [5.74, 6) is -0.558. The van der Waals surface area contributed by atoms with Gasteiger partial charge in [0.05, 0.1) is 11.1 Å². The van der Waals surface area contributed by atoms with Crippen molar-refractivity contribution in [1.82, 2.24) is 14.8 Å². The quantitative estimate of drug-likeness (QED) is 0.864. The maximum Gasteiger partial charge on any atom is 0.254 e. The zero-order valence-electron chi connectivity index (χ0n) is 14.3. The molecular formula is C19H22FN3O2. The summed E-state index contributed by atoms with van der Waals surface area (Å²) in [6, 6.07) is 5.48. The van der Waals surface area contributed by atoms with Crippen molar-refractivity contribution in [3.63, 3.8) is 0 Å². The van der Waals surface area contributed by atoms with Gasteiger partial charge in [-0.15, -0.1) is 0 Å². The van der Waals surface area contributed by atoms with E-state index >= 15 is 0 Å². The van der Waals surface area contributed by atoms with Crippen molar-refractivity contribution in [2.45, 2.75) is 19.3 Å². The third-order valence-electron chi connectivity index (χ3n) is 5.81. The van der Waals surface area contributed by atoms with Crippen LogP contribution in [0.15, 0.2) is 29.1 Å². The second-order valence-corrected chi connectivity index (χ2v) is 7.52. The molecule has 1 spiro atoms. The van der Waals surface area contributed by atoms with E-state index in [0.29, 0.717) is 16.5 Å². The number of pyridine rings is 1. The molecule has 1 amide bonds. The molecule has 4 rings (SSSR count). The first-order valence-electron chi connectivity index (χ1n) is 8.76. The Labute approximate surface area is 145 Å². The van der Waals surface area contributed by atoms with Gasteiger partial charge in [0.15, 0.2) is 0 Å². The normalized spacial score (nSPS) is 20.5. The Balaban J connectivity index is 1.64. The molecule has 1 N–H and O–H groups in total. The van der Waals surface area contributed by atoms with Crippen molar-refractivity contribution in [2.75, 3.05) is 33.2 Å². The van der Waals surface area contributed by atoms with Crippen molar-refractivity contribution in [3.05, 3.63) is 46.0 Å². The van der Waals surface area contributed by atoms with Crippen molar-refractivity contribution in [3.8, 4) is 0 Å². The minimum atomic E-state index is -0.431. The molecular weight excluding hydrogens is 321 g/mol. The third-order valence-corrected chi connectivity index (χ3v) is 5.81. The third kappa shape index (κ3) is 2.95. The molecule has 5 nitrogen and oxygen atoms in total. The number of amides is 1. The highest BCUT2D eigenvalue weighted by Crippen LogP contribution is 2.40. The van der Waals surface area contributed by atoms with Crippen LogP contribution in [-0.2, 0) is 0 Å². The van der Waals surface area contributed by atoms with Crippen LogP contribution in [0.2, 0.25) is 0 Å². The van der Waals surface area contributed by atoms with Gasteiger partial charge in [0, 0.05) is 24.5 Å². The Morgan fingerprint density at radius 3 is 2.64 bits per heavy atom. The fourth-order valence-corrected chi connectivity index (χ4v) is 4.19. The summed E-state index contributed by atoms with van der Waals surface area (Å²) in [6.45, 7) is 3.59. The van der Waals surface area contributed by atoms with Crippen LogP contribution in [0.1, 0.15) is 29.6 Å². The number of H-pyrrole nitrogens is 1. The van der Waals surface area contributed by atoms with Crippen LogP contribution >= 0.6 is 0 Å². The maximum absolute atomic E-state index is 13.5. The second kappa shape index (κ2) is 5.95. The summed E-state index contributed by atoms with van der Waals surface area (Å²) >= 11 is 0. The predicted octanol–water partition coefficient (Wildman–Crippen LogP) is 2.23. The monoisotopic (exact) mass is 343 g/mol. The molecule has 0 atom stereocenters. The first kappa shape index (κ1) is 16.3. The SMILES string of the molecule is CN1CCC2(CC1)CCN(C(=O)c1cc(=O)[nH]c3cc(F)ccc13)C2. The number of piperidine rings is 1. The first-order valence-corrected chi connectivity index (χ1v) is 8.76. The van der Waals surface area contributed by atoms with Gasteiger partial charge >= 0.3 is 0 Å². The molecule has 0 saturated carbocycles. The van der Waals surface area contributed by atoms with Gasteiger partial charge in [-0.3, -0.25) is 9.59 Å². The lowest BCUT2D eigenvalue weighted by molar-refractivity contribution is 0.0738. The molecule has 1 aromatic heterocycles. The predicted molar refractivity (Wildman–Crippen MR) is 94.2 cm³/mol. The van der Waals surface area contributed by atoms with Crippen LogP contribution in [0.4, 0.5) is 4.39 Å². The Kier molecular flexibility index (Phi) is 3.87. The minimum Gasteiger partial charge on any atom is -0.338 e. The molecule has 0 radical (unpaired) electrons. The molecule has 0 aliphatic carbocycles. The molecule has 132 valence electrons. The van der Waals surface area contributed by atoms with E-state index in [1.54, 1.807) is 6.07 Å². The number of aromatic nitrogens is 1. The lowest BCUT2D eigenvalue weighted by atomic mass is 9.78. The van der Waals surface area contributed by atoms with Gasteiger partial charge in [0.2, 0.25) is 5.56 Å². The summed E-state index contributed by atoms with van der Waals surface area (Å²) in [7, 11) is 2.13. The van der Waals surface area contributed by atoms with E-state index in [0.717, 1.165) is 45.4 Å². The molecule has 2 aliphatic rings. The van der Waals surface area contributed by atoms with Crippen LogP contribution in [-0.4, -0.2) is 53.9 Å². The lowest BCUT2D eigenvalue weighted by Crippen LogP contribution is -2.40. The summed E-state index contributed by atoms with van der Waals surface area (Å²) in [5.41, 5.74) is 0.563. The molecule has 2 saturated heterocycles. The molecule has 3 heterocycles. The summed E-state index contributed by atoms with van der Waals surface area (Å²) < 4.78 is 13.5. The average Bonchev–Trinajstić information content (AvgIpc) is 3.00. The van der Waals surface area contributed by atoms with Gasteiger partial charge in [0.1, 0.15) is 5.82 Å². The average molecular weight is 343 g/mol. The maximum atomic E-state index is 13.5. The number of nitrogens with one attached hydrogen (secondary N) is 1. The van der Waals surface area contributed by atoms with E-state index < -0.39 is 5.82 Å². The first-order chi connectivity index (χ1) is 12.0. The number of carbonyl (C=O) groups excluding carboxylic acids is 1. The van der Waals surface area contributed by atoms with Gasteiger partial charge in [-0.1, -0.05) is 0 Å². The van der Waals surface area contributed by atoms with Gasteiger partial charge in [0.25, 0.3) is 5.91 Å². The standard InChI is InChI=1S/C19H22FN3O2/c1-22-7-4-19(5-8-22)6-9-23(12-19)18(25)15-11-17(24)21-16-10-13(20)2-3-14(15)16/h2-3,10-11H,4-9,12H2,1H3,(H,21,24). The highest BCUT2D eigenvalue weighted by Gasteiger charge is 2.41. The number of benzene rings is 1. The molecule has 2 fully saturated rings. The van der Waals surface area contributed by atoms with Crippen LogP contribution in [0.3, 0.4) is 0 Å². The molecule has 1 aromatic carbocycles.